The lowest BCUT2D eigenvalue weighted by atomic mass is 10.0. The molecule has 7 amide bonds. The third-order valence-corrected chi connectivity index (χ3v) is 11.4. The van der Waals surface area contributed by atoms with Crippen molar-refractivity contribution in [2.45, 2.75) is 145 Å². The Kier molecular flexibility index (Phi) is 31.2. The number of nitrogens with two attached hydrogens (primary N) is 6. The molecule has 29 heteroatoms. The number of aliphatic hydroxyl groups excluding tert-OH is 2. The van der Waals surface area contributed by atoms with Crippen LogP contribution in [0.2, 0.25) is 0 Å². The third-order valence-electron chi connectivity index (χ3n) is 11.4. The zero-order chi connectivity index (χ0) is 54.3. The molecular formula is C43H80N16O13. The summed E-state index contributed by atoms with van der Waals surface area (Å²) in [5.74, 6) is -8.20. The van der Waals surface area contributed by atoms with Crippen molar-refractivity contribution < 1.29 is 63.2 Å². The summed E-state index contributed by atoms with van der Waals surface area (Å²) in [6.07, 6.45) is 0.727. The van der Waals surface area contributed by atoms with Crippen molar-refractivity contribution in [2.75, 3.05) is 52.9 Å². The second kappa shape index (κ2) is 35.1. The number of likely N-dealkylation sites (tertiary alicyclic amines) is 1. The van der Waals surface area contributed by atoms with Crippen LogP contribution in [0, 0.1) is 5.41 Å². The van der Waals surface area contributed by atoms with Crippen LogP contribution in [0.15, 0.2) is 11.8 Å². The summed E-state index contributed by atoms with van der Waals surface area (Å²) in [6.45, 7) is 1.22. The number of nitrogens with zero attached hydrogens (tertiary/aromatic N) is 1. The van der Waals surface area contributed by atoms with Gasteiger partial charge >= 0.3 is 11.9 Å². The number of unbranched alkanes of at least 4 members (excludes halogenated alkanes) is 2. The van der Waals surface area contributed by atoms with Gasteiger partial charge in [0.1, 0.15) is 36.1 Å². The fourth-order valence-corrected chi connectivity index (χ4v) is 7.32. The van der Waals surface area contributed by atoms with Crippen LogP contribution in [-0.2, 0) is 47.9 Å². The Balaban J connectivity index is 3.18. The maximum atomic E-state index is 14.1. The number of methoxy groups -OCH3 is 1. The molecule has 0 saturated carbocycles. The average molecular weight is 1030 g/mol. The van der Waals surface area contributed by atoms with Crippen molar-refractivity contribution >= 4 is 59.2 Å². The van der Waals surface area contributed by atoms with Crippen LogP contribution in [-0.4, -0.2) is 187 Å². The van der Waals surface area contributed by atoms with Crippen molar-refractivity contribution in [2.24, 2.45) is 34.4 Å². The summed E-state index contributed by atoms with van der Waals surface area (Å²) in [5, 5.41) is 58.8. The van der Waals surface area contributed by atoms with E-state index < -0.39 is 127 Å². The minimum Gasteiger partial charge on any atom is -0.477 e. The zero-order valence-electron chi connectivity index (χ0n) is 41.3. The molecule has 0 aromatic rings. The number of ether oxygens (including phenoxy) is 1. The highest BCUT2D eigenvalue weighted by atomic mass is 16.5. The van der Waals surface area contributed by atoms with Crippen LogP contribution >= 0.6 is 0 Å². The number of esters is 1. The van der Waals surface area contributed by atoms with Gasteiger partial charge in [0, 0.05) is 26.1 Å². The number of aliphatic hydroxyl groups is 2. The summed E-state index contributed by atoms with van der Waals surface area (Å²) < 4.78 is 4.75. The van der Waals surface area contributed by atoms with E-state index in [-0.39, 0.29) is 83.5 Å². The molecule has 1 rings (SSSR count). The van der Waals surface area contributed by atoms with Crippen LogP contribution in [0.3, 0.4) is 0 Å². The van der Waals surface area contributed by atoms with E-state index in [9.17, 15) is 58.5 Å². The standard InChI is InChI=1S/C43H80N16O13/c1-24(53-40(68)34(31(60)22-47)58-36(64)25(48)10-3-5-17-44)35(63)52-23-32(61)54-28(12-7-19-46)41(69)59-21-9-14-30(59)39(67)56-27(15-16-33(62)72-2)38(66)55-26(11-4-6-18-45)37(65)57-29(42(70)71)13-8-20-51-43(49)50/h13,24-28,30-31,34,39,56,60,67H,3-12,14-23,44-48H2,1-2H3,(H,52,63)(H,53,68)(H,54,61)(H,55,66)(H,57,65)(H,58,64)(H,70,71)(H4,49,50,51)/b29-13-/t24-,25-,26-,27-,28+,30-,31-,34-,39?/m0/s1. The molecular weight excluding hydrogens is 949 g/mol. The van der Waals surface area contributed by atoms with Gasteiger partial charge < -0.3 is 96.6 Å². The molecule has 0 spiro atoms. The van der Waals surface area contributed by atoms with E-state index in [0.29, 0.717) is 38.6 Å². The van der Waals surface area contributed by atoms with E-state index in [1.807, 2.05) is 0 Å². The Morgan fingerprint density at radius 3 is 2.00 bits per heavy atom. The SMILES string of the molecule is COC(=O)CC[C@H](NC(O)[C@@H]1CCCN1C(=O)[C@@H](CCCN)NC(=O)CNC(=O)[C@H](C)NC(=O)[C@@H](NC(=O)[C@@H](N)CCCCN)[C@@H](O)CN)C(=O)N[C@@H](CCCCN)C(=O)N/C(=C\CCNC(=N)N)C(=O)O. The van der Waals surface area contributed by atoms with Gasteiger partial charge in [0.25, 0.3) is 0 Å². The molecule has 1 heterocycles. The molecule has 72 heavy (non-hydrogen) atoms. The summed E-state index contributed by atoms with van der Waals surface area (Å²) in [7, 11) is 1.14. The molecule has 24 N–H and O–H groups in total. The van der Waals surface area contributed by atoms with Gasteiger partial charge in [0.15, 0.2) is 5.96 Å². The topological polar surface area (TPSA) is 503 Å². The number of carbonyl (C=O) groups is 9. The largest absolute Gasteiger partial charge is 0.477 e. The van der Waals surface area contributed by atoms with E-state index in [4.69, 9.17) is 44.5 Å². The second-order valence-corrected chi connectivity index (χ2v) is 17.1. The van der Waals surface area contributed by atoms with Gasteiger partial charge in [-0.3, -0.25) is 49.1 Å². The number of nitrogens with one attached hydrogen (secondary N) is 9. The first kappa shape index (κ1) is 63.9. The highest BCUT2D eigenvalue weighted by Crippen LogP contribution is 2.22. The van der Waals surface area contributed by atoms with E-state index in [1.54, 1.807) is 0 Å². The van der Waals surface area contributed by atoms with Crippen LogP contribution in [0.1, 0.15) is 90.4 Å². The summed E-state index contributed by atoms with van der Waals surface area (Å²) in [6, 6.07) is -8.73. The molecule has 0 bridgehead atoms. The number of amides is 7. The number of hydrogen-bond donors (Lipinski definition) is 18. The first-order chi connectivity index (χ1) is 34.1. The van der Waals surface area contributed by atoms with Gasteiger partial charge in [-0.05, 0) is 97.2 Å². The minimum atomic E-state index is -1.61. The number of carbonyl (C=O) groups excluding carboxylic acids is 8. The maximum Gasteiger partial charge on any atom is 0.352 e. The Bertz CT molecular complexity index is 1830. The lowest BCUT2D eigenvalue weighted by Gasteiger charge is -2.34. The molecule has 1 saturated heterocycles. The van der Waals surface area contributed by atoms with Crippen molar-refractivity contribution in [1.29, 1.82) is 5.41 Å². The molecule has 0 aromatic heterocycles. The summed E-state index contributed by atoms with van der Waals surface area (Å²) in [4.78, 5) is 119. The average Bonchev–Trinajstić information content (AvgIpc) is 3.85. The molecule has 1 unspecified atom stereocenters. The molecule has 1 aliphatic rings. The zero-order valence-corrected chi connectivity index (χ0v) is 41.3. The highest BCUT2D eigenvalue weighted by Gasteiger charge is 2.39. The van der Waals surface area contributed by atoms with E-state index >= 15 is 0 Å². The monoisotopic (exact) mass is 1030 g/mol. The van der Waals surface area contributed by atoms with Crippen LogP contribution in [0.25, 0.3) is 0 Å². The Morgan fingerprint density at radius 2 is 1.40 bits per heavy atom. The second-order valence-electron chi connectivity index (χ2n) is 17.1. The normalized spacial score (nSPS) is 16.8. The van der Waals surface area contributed by atoms with Crippen LogP contribution in [0.4, 0.5) is 0 Å². The first-order valence-electron chi connectivity index (χ1n) is 24.0. The Hall–Kier alpha value is -6.08. The number of aliphatic carboxylic acids is 1. The van der Waals surface area contributed by atoms with Gasteiger partial charge in [-0.1, -0.05) is 12.5 Å². The van der Waals surface area contributed by atoms with Gasteiger partial charge in [-0.15, -0.1) is 0 Å². The molecule has 410 valence electrons. The van der Waals surface area contributed by atoms with Crippen molar-refractivity contribution in [3.8, 4) is 0 Å². The summed E-state index contributed by atoms with van der Waals surface area (Å²) in [5.41, 5.74) is 33.1. The number of carboxylic acid groups (broad SMARTS) is 1. The predicted octanol–water partition coefficient (Wildman–Crippen LogP) is -7.12. The van der Waals surface area contributed by atoms with Crippen molar-refractivity contribution in [1.82, 2.24) is 47.4 Å². The Labute approximate surface area is 418 Å². The highest BCUT2D eigenvalue weighted by molar-refractivity contribution is 5.97. The summed E-state index contributed by atoms with van der Waals surface area (Å²) >= 11 is 0. The lowest BCUT2D eigenvalue weighted by Crippen LogP contribution is -2.60. The van der Waals surface area contributed by atoms with E-state index in [1.165, 1.54) is 17.9 Å². The smallest absolute Gasteiger partial charge is 0.352 e. The first-order valence-corrected chi connectivity index (χ1v) is 24.0. The van der Waals surface area contributed by atoms with Crippen molar-refractivity contribution in [3.63, 3.8) is 0 Å². The van der Waals surface area contributed by atoms with Gasteiger partial charge in [-0.25, -0.2) is 4.79 Å². The van der Waals surface area contributed by atoms with E-state index in [2.05, 4.69) is 42.5 Å². The molecule has 1 fully saturated rings. The number of hydrogen-bond acceptors (Lipinski definition) is 19. The third kappa shape index (κ3) is 23.9. The molecule has 9 atom stereocenters. The fourth-order valence-electron chi connectivity index (χ4n) is 7.32. The van der Waals surface area contributed by atoms with Gasteiger partial charge in [0.2, 0.25) is 41.4 Å². The molecule has 29 nitrogen and oxygen atoms in total. The lowest BCUT2D eigenvalue weighted by molar-refractivity contribution is -0.141. The van der Waals surface area contributed by atoms with Crippen LogP contribution < -0.4 is 76.9 Å². The number of rotatable bonds is 36. The molecule has 0 aliphatic carbocycles. The predicted molar refractivity (Wildman–Crippen MR) is 261 cm³/mol. The Morgan fingerprint density at radius 1 is 0.764 bits per heavy atom. The van der Waals surface area contributed by atoms with Crippen LogP contribution in [0.5, 0.6) is 0 Å². The number of carboxylic acids is 1. The maximum absolute atomic E-state index is 14.1. The minimum absolute atomic E-state index is 0.0220. The van der Waals surface area contributed by atoms with Gasteiger partial charge in [-0.2, -0.15) is 0 Å². The molecule has 1 aliphatic heterocycles. The van der Waals surface area contributed by atoms with Gasteiger partial charge in [0.05, 0.1) is 37.9 Å². The van der Waals surface area contributed by atoms with E-state index in [0.717, 1.165) is 7.11 Å². The fraction of sp³-hybridized carbons (Fsp3) is 0.721. The molecule has 0 radical (unpaired) electrons. The molecule has 0 aromatic carbocycles. The quantitative estimate of drug-likeness (QED) is 0.00692. The number of guanidine groups is 1. The van der Waals surface area contributed by atoms with Crippen molar-refractivity contribution in [3.05, 3.63) is 11.8 Å².